The molecule has 3 rings (SSSR count). The molecule has 22 heavy (non-hydrogen) atoms. The molecule has 0 bridgehead atoms. The number of rotatable bonds is 3. The molecule has 1 heterocycles. The third kappa shape index (κ3) is 2.60. The first-order valence-electron chi connectivity index (χ1n) is 6.15. The van der Waals surface area contributed by atoms with E-state index in [1.165, 1.54) is 18.4 Å². The summed E-state index contributed by atoms with van der Waals surface area (Å²) in [6.45, 7) is 0. The summed E-state index contributed by atoms with van der Waals surface area (Å²) in [5, 5.41) is 7.15. The Hall–Kier alpha value is -2.26. The van der Waals surface area contributed by atoms with E-state index in [2.05, 4.69) is 18.7 Å². The van der Waals surface area contributed by atoms with Crippen LogP contribution in [0.5, 0.6) is 0 Å². The van der Waals surface area contributed by atoms with Gasteiger partial charge in [-0.15, -0.1) is 3.77 Å². The number of hydrogen-bond acceptors (Lipinski definition) is 6. The lowest BCUT2D eigenvalue weighted by Gasteiger charge is -2.05. The number of sulfonamides is 1. The molecule has 7 nitrogen and oxygen atoms in total. The number of nitrogens with zero attached hydrogens (tertiary/aromatic N) is 3. The van der Waals surface area contributed by atoms with Crippen LogP contribution in [0, 0.1) is 0 Å². The fourth-order valence-electron chi connectivity index (χ4n) is 1.93. The first-order chi connectivity index (χ1) is 10.4. The minimum atomic E-state index is -4.18. The van der Waals surface area contributed by atoms with E-state index >= 15 is 0 Å². The van der Waals surface area contributed by atoms with Crippen LogP contribution in [0.2, 0.25) is 0 Å². The highest BCUT2D eigenvalue weighted by molar-refractivity contribution is 8.03. The minimum absolute atomic E-state index is 0.0644. The Morgan fingerprint density at radius 3 is 2.41 bits per heavy atom. The van der Waals surface area contributed by atoms with E-state index in [1.807, 2.05) is 0 Å². The van der Waals surface area contributed by atoms with Crippen molar-refractivity contribution < 1.29 is 17.3 Å². The summed E-state index contributed by atoms with van der Waals surface area (Å²) >= 11 is 0. The first-order valence-corrected chi connectivity index (χ1v) is 9.51. The SMILES string of the molecule is C[S@](=O)(=NS(=O)(=O)c1cccc2nonc12)c1ccccc1. The van der Waals surface area contributed by atoms with Crippen molar-refractivity contribution in [2.75, 3.05) is 6.26 Å². The van der Waals surface area contributed by atoms with Crippen LogP contribution in [0.4, 0.5) is 0 Å². The summed E-state index contributed by atoms with van der Waals surface area (Å²) in [5.74, 6) is 0. The summed E-state index contributed by atoms with van der Waals surface area (Å²) < 4.78 is 45.7. The zero-order chi connectivity index (χ0) is 15.8. The van der Waals surface area contributed by atoms with Gasteiger partial charge < -0.3 is 0 Å². The van der Waals surface area contributed by atoms with Crippen molar-refractivity contribution in [2.45, 2.75) is 9.79 Å². The van der Waals surface area contributed by atoms with Crippen LogP contribution < -0.4 is 0 Å². The van der Waals surface area contributed by atoms with Crippen molar-refractivity contribution in [3.63, 3.8) is 0 Å². The van der Waals surface area contributed by atoms with Gasteiger partial charge in [0.05, 0.1) is 9.73 Å². The second kappa shape index (κ2) is 5.18. The minimum Gasteiger partial charge on any atom is -0.244 e. The lowest BCUT2D eigenvalue weighted by atomic mass is 10.3. The number of aromatic nitrogens is 2. The largest absolute Gasteiger partial charge is 0.292 e. The second-order valence-electron chi connectivity index (χ2n) is 4.55. The highest BCUT2D eigenvalue weighted by Crippen LogP contribution is 2.24. The molecule has 0 fully saturated rings. The Morgan fingerprint density at radius 2 is 1.68 bits per heavy atom. The van der Waals surface area contributed by atoms with E-state index in [4.69, 9.17) is 0 Å². The maximum atomic E-state index is 12.6. The predicted octanol–water partition coefficient (Wildman–Crippen LogP) is 2.07. The molecule has 0 radical (unpaired) electrons. The average Bonchev–Trinajstić information content (AvgIpc) is 2.95. The predicted molar refractivity (Wildman–Crippen MR) is 80.2 cm³/mol. The lowest BCUT2D eigenvalue weighted by molar-refractivity contribution is 0.315. The van der Waals surface area contributed by atoms with Crippen LogP contribution in [0.3, 0.4) is 0 Å². The van der Waals surface area contributed by atoms with Crippen molar-refractivity contribution in [3.8, 4) is 0 Å². The maximum Gasteiger partial charge on any atom is 0.292 e. The fraction of sp³-hybridized carbons (Fsp3) is 0.0769. The van der Waals surface area contributed by atoms with Crippen LogP contribution in [-0.2, 0) is 19.8 Å². The van der Waals surface area contributed by atoms with Gasteiger partial charge in [-0.25, -0.2) is 8.84 Å². The normalized spacial score (nSPS) is 14.6. The van der Waals surface area contributed by atoms with Crippen LogP contribution in [0.15, 0.2) is 66.7 Å². The molecule has 0 saturated carbocycles. The van der Waals surface area contributed by atoms with Crippen LogP contribution >= 0.6 is 0 Å². The topological polar surface area (TPSA) is 102 Å². The third-order valence-corrected chi connectivity index (χ3v) is 6.90. The van der Waals surface area contributed by atoms with Gasteiger partial charge >= 0.3 is 0 Å². The van der Waals surface area contributed by atoms with Crippen LogP contribution in [0.25, 0.3) is 11.0 Å². The maximum absolute atomic E-state index is 12.6. The average molecular weight is 337 g/mol. The van der Waals surface area contributed by atoms with E-state index in [1.54, 1.807) is 36.4 Å². The van der Waals surface area contributed by atoms with E-state index < -0.39 is 19.8 Å². The van der Waals surface area contributed by atoms with Gasteiger partial charge in [-0.1, -0.05) is 24.3 Å². The Bertz CT molecular complexity index is 1050. The number of benzene rings is 2. The summed E-state index contributed by atoms with van der Waals surface area (Å²) in [4.78, 5) is 0.154. The molecule has 3 aromatic rings. The Labute approximate surface area is 127 Å². The molecule has 0 aliphatic rings. The standard InChI is InChI=1S/C13H11N3O4S2/c1-21(17,10-6-3-2-4-7-10)16-22(18,19)12-9-5-8-11-13(12)15-20-14-11/h2-9H,1H3/t21-/m1/s1. The monoisotopic (exact) mass is 337 g/mol. The molecule has 0 saturated heterocycles. The first kappa shape index (κ1) is 14.7. The summed E-state index contributed by atoms with van der Waals surface area (Å²) in [7, 11) is -7.29. The number of hydrogen-bond donors (Lipinski definition) is 0. The molecular formula is C13H11N3O4S2. The van der Waals surface area contributed by atoms with E-state index in [-0.39, 0.29) is 10.4 Å². The Morgan fingerprint density at radius 1 is 0.955 bits per heavy atom. The van der Waals surface area contributed by atoms with Gasteiger partial charge in [0.2, 0.25) is 0 Å². The van der Waals surface area contributed by atoms with Gasteiger partial charge in [0.15, 0.2) is 5.52 Å². The molecule has 0 unspecified atom stereocenters. The molecule has 114 valence electrons. The molecule has 0 amide bonds. The molecule has 9 heteroatoms. The molecule has 0 aliphatic carbocycles. The van der Waals surface area contributed by atoms with E-state index in [9.17, 15) is 12.6 Å². The molecule has 0 aliphatic heterocycles. The van der Waals surface area contributed by atoms with Crippen LogP contribution in [0.1, 0.15) is 0 Å². The van der Waals surface area contributed by atoms with Gasteiger partial charge in [-0.05, 0) is 34.6 Å². The quantitative estimate of drug-likeness (QED) is 0.725. The van der Waals surface area contributed by atoms with E-state index in [0.29, 0.717) is 10.4 Å². The lowest BCUT2D eigenvalue weighted by Crippen LogP contribution is -2.05. The van der Waals surface area contributed by atoms with Crippen LogP contribution in [-0.4, -0.2) is 29.2 Å². The van der Waals surface area contributed by atoms with Gasteiger partial charge in [-0.2, -0.15) is 8.42 Å². The molecule has 0 N–H and O–H groups in total. The molecule has 0 spiro atoms. The molecular weight excluding hydrogens is 326 g/mol. The molecule has 2 aromatic carbocycles. The van der Waals surface area contributed by atoms with E-state index in [0.717, 1.165) is 0 Å². The zero-order valence-corrected chi connectivity index (χ0v) is 13.0. The Kier molecular flexibility index (Phi) is 3.45. The van der Waals surface area contributed by atoms with Gasteiger partial charge in [-0.3, -0.25) is 0 Å². The van der Waals surface area contributed by atoms with Crippen molar-refractivity contribution in [3.05, 3.63) is 48.5 Å². The smallest absolute Gasteiger partial charge is 0.244 e. The van der Waals surface area contributed by atoms with Crippen molar-refractivity contribution >= 4 is 30.8 Å². The van der Waals surface area contributed by atoms with Gasteiger partial charge in [0.25, 0.3) is 10.0 Å². The number of fused-ring (bicyclic) bond motifs is 1. The van der Waals surface area contributed by atoms with Gasteiger partial charge in [0, 0.05) is 11.2 Å². The third-order valence-electron chi connectivity index (χ3n) is 2.95. The zero-order valence-electron chi connectivity index (χ0n) is 11.4. The van der Waals surface area contributed by atoms with Crippen molar-refractivity contribution in [1.82, 2.24) is 10.3 Å². The summed E-state index contributed by atoms with van der Waals surface area (Å²) in [5.41, 5.74) is 0.355. The van der Waals surface area contributed by atoms with Crippen molar-refractivity contribution in [2.24, 2.45) is 3.77 Å². The Balaban J connectivity index is 2.21. The molecule has 1 atom stereocenters. The van der Waals surface area contributed by atoms with Gasteiger partial charge in [0.1, 0.15) is 10.4 Å². The van der Waals surface area contributed by atoms with Crippen molar-refractivity contribution in [1.29, 1.82) is 0 Å². The summed E-state index contributed by atoms with van der Waals surface area (Å²) in [6, 6.07) is 12.6. The highest BCUT2D eigenvalue weighted by atomic mass is 32.3. The highest BCUT2D eigenvalue weighted by Gasteiger charge is 2.22. The molecule has 1 aromatic heterocycles. The fourth-order valence-corrected chi connectivity index (χ4v) is 5.40. The summed E-state index contributed by atoms with van der Waals surface area (Å²) in [6.07, 6.45) is 1.28. The second-order valence-corrected chi connectivity index (χ2v) is 8.62.